The summed E-state index contributed by atoms with van der Waals surface area (Å²) in [6.45, 7) is 5.47. The number of hydrogen-bond acceptors (Lipinski definition) is 4. The summed E-state index contributed by atoms with van der Waals surface area (Å²) in [7, 11) is 0. The molecule has 2 aromatic carbocycles. The van der Waals surface area contributed by atoms with Crippen molar-refractivity contribution in [2.75, 3.05) is 23.7 Å². The van der Waals surface area contributed by atoms with Crippen LogP contribution in [0, 0.1) is 5.92 Å². The zero-order chi connectivity index (χ0) is 23.3. The van der Waals surface area contributed by atoms with E-state index in [1.54, 1.807) is 36.4 Å². The highest BCUT2D eigenvalue weighted by Crippen LogP contribution is 2.39. The van der Waals surface area contributed by atoms with Gasteiger partial charge in [-0.1, -0.05) is 43.1 Å². The molecule has 5 nitrogen and oxygen atoms in total. The Morgan fingerprint density at radius 2 is 1.75 bits per heavy atom. The Hall–Kier alpha value is -1.70. The van der Waals surface area contributed by atoms with Gasteiger partial charge in [0.1, 0.15) is 5.25 Å². The third kappa shape index (κ3) is 6.42. The molecular weight excluding hydrogens is 489 g/mol. The van der Waals surface area contributed by atoms with Crippen molar-refractivity contribution in [2.45, 2.75) is 24.0 Å². The summed E-state index contributed by atoms with van der Waals surface area (Å²) in [4.78, 5) is 25.2. The van der Waals surface area contributed by atoms with Crippen molar-refractivity contribution >= 4 is 69.8 Å². The number of amides is 2. The maximum atomic E-state index is 13.1. The van der Waals surface area contributed by atoms with Gasteiger partial charge >= 0.3 is 0 Å². The molecule has 0 saturated carbocycles. The van der Waals surface area contributed by atoms with Gasteiger partial charge in [0.15, 0.2) is 0 Å². The van der Waals surface area contributed by atoms with Crippen LogP contribution in [0.1, 0.15) is 24.2 Å². The van der Waals surface area contributed by atoms with E-state index in [1.807, 2.05) is 11.5 Å². The van der Waals surface area contributed by atoms with Gasteiger partial charge in [-0.3, -0.25) is 9.59 Å². The average Bonchev–Trinajstić information content (AvgIpc) is 3.12. The predicted octanol–water partition coefficient (Wildman–Crippen LogP) is 6.04. The molecule has 1 aliphatic rings. The van der Waals surface area contributed by atoms with Gasteiger partial charge in [0.2, 0.25) is 5.91 Å². The van der Waals surface area contributed by atoms with Gasteiger partial charge in [0.25, 0.3) is 5.91 Å². The first kappa shape index (κ1) is 24.9. The van der Waals surface area contributed by atoms with Crippen LogP contribution in [0.25, 0.3) is 0 Å². The first-order valence-corrected chi connectivity index (χ1v) is 12.2. The van der Waals surface area contributed by atoms with Crippen LogP contribution in [-0.4, -0.2) is 35.0 Å². The molecule has 32 heavy (non-hydrogen) atoms. The fraction of sp³-hybridized carbons (Fsp3) is 0.304. The summed E-state index contributed by atoms with van der Waals surface area (Å²) in [5.41, 5.74) is 1.17. The number of benzene rings is 2. The zero-order valence-corrected chi connectivity index (χ0v) is 20.7. The second-order valence-electron chi connectivity index (χ2n) is 7.91. The Kier molecular flexibility index (Phi) is 8.53. The highest BCUT2D eigenvalue weighted by Gasteiger charge is 2.43. The van der Waals surface area contributed by atoms with Crippen LogP contribution >= 0.6 is 46.6 Å². The number of hydrogen-bond donors (Lipinski definition) is 3. The molecule has 0 fully saturated rings. The standard InChI is InChI=1S/C23H24Cl3N3O2S/c1-14(2)12-27-13-23(26)9-10-32-20(23)22(31)29-19-8-5-16(25)11-18(19)21(30)28-17-6-3-15(24)4-7-17/h3-11,14,20,27H,12-13H2,1-2H3,(H,28,30)(H,29,31). The van der Waals surface area contributed by atoms with E-state index in [2.05, 4.69) is 29.8 Å². The Morgan fingerprint density at radius 3 is 2.44 bits per heavy atom. The second-order valence-corrected chi connectivity index (χ2v) is 10.5. The van der Waals surface area contributed by atoms with Gasteiger partial charge in [-0.25, -0.2) is 0 Å². The van der Waals surface area contributed by atoms with Crippen LogP contribution in [0.5, 0.6) is 0 Å². The van der Waals surface area contributed by atoms with Gasteiger partial charge in [-0.2, -0.15) is 0 Å². The van der Waals surface area contributed by atoms with Gasteiger partial charge in [-0.15, -0.1) is 23.4 Å². The maximum Gasteiger partial charge on any atom is 0.257 e. The van der Waals surface area contributed by atoms with E-state index in [0.29, 0.717) is 33.9 Å². The van der Waals surface area contributed by atoms with Crippen LogP contribution in [0.15, 0.2) is 53.9 Å². The number of carbonyl (C=O) groups excluding carboxylic acids is 2. The highest BCUT2D eigenvalue weighted by molar-refractivity contribution is 8.03. The molecule has 2 unspecified atom stereocenters. The first-order chi connectivity index (χ1) is 15.2. The fourth-order valence-electron chi connectivity index (χ4n) is 3.16. The SMILES string of the molecule is CC(C)CNCC1(Cl)C=CSC1C(=O)Nc1ccc(Cl)cc1C(=O)Nc1ccc(Cl)cc1. The molecule has 2 amide bonds. The Morgan fingerprint density at radius 1 is 1.06 bits per heavy atom. The minimum Gasteiger partial charge on any atom is -0.324 e. The number of halogens is 3. The smallest absolute Gasteiger partial charge is 0.257 e. The van der Waals surface area contributed by atoms with E-state index in [9.17, 15) is 9.59 Å². The highest BCUT2D eigenvalue weighted by atomic mass is 35.5. The lowest BCUT2D eigenvalue weighted by Crippen LogP contribution is -2.47. The van der Waals surface area contributed by atoms with Crippen molar-refractivity contribution in [1.82, 2.24) is 5.32 Å². The van der Waals surface area contributed by atoms with E-state index in [0.717, 1.165) is 6.54 Å². The van der Waals surface area contributed by atoms with Crippen molar-refractivity contribution in [1.29, 1.82) is 0 Å². The molecule has 0 saturated heterocycles. The van der Waals surface area contributed by atoms with Crippen molar-refractivity contribution in [3.63, 3.8) is 0 Å². The van der Waals surface area contributed by atoms with Crippen LogP contribution in [0.3, 0.4) is 0 Å². The second kappa shape index (κ2) is 10.9. The third-order valence-electron chi connectivity index (χ3n) is 4.77. The molecule has 1 aliphatic heterocycles. The van der Waals surface area contributed by atoms with Gasteiger partial charge < -0.3 is 16.0 Å². The number of alkyl halides is 1. The summed E-state index contributed by atoms with van der Waals surface area (Å²) in [5.74, 6) is -0.223. The molecule has 9 heteroatoms. The van der Waals surface area contributed by atoms with E-state index in [4.69, 9.17) is 34.8 Å². The van der Waals surface area contributed by atoms with E-state index in [-0.39, 0.29) is 11.5 Å². The van der Waals surface area contributed by atoms with Crippen molar-refractivity contribution in [3.8, 4) is 0 Å². The molecule has 2 aromatic rings. The summed E-state index contributed by atoms with van der Waals surface area (Å²) in [5, 5.41) is 11.2. The number of anilines is 2. The Labute approximate surface area is 207 Å². The normalized spacial score (nSPS) is 19.9. The molecule has 0 spiro atoms. The topological polar surface area (TPSA) is 70.2 Å². The first-order valence-electron chi connectivity index (χ1n) is 10.1. The quantitative estimate of drug-likeness (QED) is 0.377. The minimum atomic E-state index is -0.859. The lowest BCUT2D eigenvalue weighted by molar-refractivity contribution is -0.116. The van der Waals surface area contributed by atoms with Crippen molar-refractivity contribution in [2.24, 2.45) is 5.92 Å². The molecular formula is C23H24Cl3N3O2S. The monoisotopic (exact) mass is 511 g/mol. The number of nitrogens with one attached hydrogen (secondary N) is 3. The molecule has 3 rings (SSSR count). The predicted molar refractivity (Wildman–Crippen MR) is 136 cm³/mol. The summed E-state index contributed by atoms with van der Waals surface area (Å²) >= 11 is 20.2. The van der Waals surface area contributed by atoms with Gasteiger partial charge in [0, 0.05) is 22.3 Å². The fourth-order valence-corrected chi connectivity index (χ4v) is 4.99. The summed E-state index contributed by atoms with van der Waals surface area (Å²) in [6.07, 6.45) is 1.84. The molecule has 1 heterocycles. The van der Waals surface area contributed by atoms with Gasteiger partial charge in [-0.05, 0) is 60.3 Å². The van der Waals surface area contributed by atoms with Crippen LogP contribution in [0.4, 0.5) is 11.4 Å². The van der Waals surface area contributed by atoms with Crippen LogP contribution < -0.4 is 16.0 Å². The van der Waals surface area contributed by atoms with Crippen molar-refractivity contribution in [3.05, 3.63) is 69.6 Å². The number of rotatable bonds is 8. The molecule has 170 valence electrons. The Balaban J connectivity index is 1.74. The van der Waals surface area contributed by atoms with Crippen molar-refractivity contribution < 1.29 is 9.59 Å². The molecule has 0 bridgehead atoms. The van der Waals surface area contributed by atoms with E-state index >= 15 is 0 Å². The molecule has 0 aromatic heterocycles. The van der Waals surface area contributed by atoms with Crippen LogP contribution in [-0.2, 0) is 4.79 Å². The molecule has 3 N–H and O–H groups in total. The Bertz CT molecular complexity index is 1010. The lowest BCUT2D eigenvalue weighted by Gasteiger charge is -2.27. The molecule has 0 radical (unpaired) electrons. The molecule has 2 atom stereocenters. The zero-order valence-electron chi connectivity index (χ0n) is 17.6. The van der Waals surface area contributed by atoms with E-state index in [1.165, 1.54) is 17.8 Å². The van der Waals surface area contributed by atoms with E-state index < -0.39 is 16.0 Å². The molecule has 0 aliphatic carbocycles. The summed E-state index contributed by atoms with van der Waals surface area (Å²) in [6, 6.07) is 11.5. The number of thioether (sulfide) groups is 1. The average molecular weight is 513 g/mol. The lowest BCUT2D eigenvalue weighted by atomic mass is 10.0. The maximum absolute atomic E-state index is 13.1. The minimum absolute atomic E-state index is 0.245. The third-order valence-corrected chi connectivity index (χ3v) is 7.06. The van der Waals surface area contributed by atoms with Crippen LogP contribution in [0.2, 0.25) is 10.0 Å². The van der Waals surface area contributed by atoms with Gasteiger partial charge in [0.05, 0.1) is 16.1 Å². The summed E-state index contributed by atoms with van der Waals surface area (Å²) < 4.78 is 0. The number of carbonyl (C=O) groups is 2. The largest absolute Gasteiger partial charge is 0.324 e.